The number of rotatable bonds is 6. The average molecular weight is 247 g/mol. The molecule has 0 saturated carbocycles. The third-order valence-electron chi connectivity index (χ3n) is 2.28. The van der Waals surface area contributed by atoms with E-state index in [0.29, 0.717) is 13.0 Å². The summed E-state index contributed by atoms with van der Waals surface area (Å²) in [6.45, 7) is 4.38. The van der Waals surface area contributed by atoms with Crippen LogP contribution in [0.3, 0.4) is 0 Å². The highest BCUT2D eigenvalue weighted by Gasteiger charge is 2.22. The fraction of sp³-hybridized carbons (Fsp3) is 0.600. The van der Waals surface area contributed by atoms with E-state index in [2.05, 4.69) is 5.32 Å². The Morgan fingerprint density at radius 1 is 1.50 bits per heavy atom. The lowest BCUT2D eigenvalue weighted by molar-refractivity contribution is 0.321. The Balaban J connectivity index is 2.38. The van der Waals surface area contributed by atoms with E-state index in [1.165, 1.54) is 0 Å². The van der Waals surface area contributed by atoms with Crippen LogP contribution in [0.2, 0.25) is 0 Å². The molecule has 0 aliphatic heterocycles. The Labute approximate surface area is 95.6 Å². The Morgan fingerprint density at radius 3 is 2.69 bits per heavy atom. The Morgan fingerprint density at radius 2 is 2.19 bits per heavy atom. The van der Waals surface area contributed by atoms with Gasteiger partial charge in [0, 0.05) is 0 Å². The number of hydrogen-bond donors (Lipinski definition) is 2. The van der Waals surface area contributed by atoms with Gasteiger partial charge in [-0.15, -0.1) is 0 Å². The molecule has 0 radical (unpaired) electrons. The van der Waals surface area contributed by atoms with Gasteiger partial charge in [-0.3, -0.25) is 4.55 Å². The summed E-state index contributed by atoms with van der Waals surface area (Å²) < 4.78 is 34.8. The minimum atomic E-state index is -3.86. The zero-order valence-electron chi connectivity index (χ0n) is 9.43. The van der Waals surface area contributed by atoms with Crippen LogP contribution in [-0.4, -0.2) is 25.3 Å². The molecule has 0 fully saturated rings. The Hall–Kier alpha value is -0.850. The lowest BCUT2D eigenvalue weighted by atomic mass is 10.0. The highest BCUT2D eigenvalue weighted by atomic mass is 32.2. The van der Waals surface area contributed by atoms with E-state index in [1.807, 2.05) is 19.9 Å². The zero-order valence-corrected chi connectivity index (χ0v) is 10.3. The highest BCUT2D eigenvalue weighted by Crippen LogP contribution is 2.19. The van der Waals surface area contributed by atoms with Gasteiger partial charge in [0.15, 0.2) is 0 Å². The lowest BCUT2D eigenvalue weighted by Crippen LogP contribution is -2.37. The van der Waals surface area contributed by atoms with Crippen LogP contribution >= 0.6 is 0 Å². The van der Waals surface area contributed by atoms with Crippen molar-refractivity contribution in [1.82, 2.24) is 5.32 Å². The maximum atomic E-state index is 10.5. The largest absolute Gasteiger partial charge is 0.467 e. The van der Waals surface area contributed by atoms with Crippen LogP contribution in [0.15, 0.2) is 22.8 Å². The SMILES string of the molecule is CC(C)(NCCCS(=O)(=O)O)c1ccco1. The summed E-state index contributed by atoms with van der Waals surface area (Å²) in [6, 6.07) is 3.66. The minimum Gasteiger partial charge on any atom is -0.467 e. The van der Waals surface area contributed by atoms with Gasteiger partial charge in [-0.2, -0.15) is 8.42 Å². The van der Waals surface area contributed by atoms with Crippen LogP contribution in [0.25, 0.3) is 0 Å². The number of furan rings is 1. The van der Waals surface area contributed by atoms with Crippen molar-refractivity contribution < 1.29 is 17.4 Å². The quantitative estimate of drug-likeness (QED) is 0.586. The van der Waals surface area contributed by atoms with Gasteiger partial charge < -0.3 is 9.73 Å². The van der Waals surface area contributed by atoms with Crippen molar-refractivity contribution in [1.29, 1.82) is 0 Å². The molecular formula is C10H17NO4S. The van der Waals surface area contributed by atoms with Crippen molar-refractivity contribution in [2.45, 2.75) is 25.8 Å². The zero-order chi connectivity index (χ0) is 12.2. The molecular weight excluding hydrogens is 230 g/mol. The van der Waals surface area contributed by atoms with Gasteiger partial charge in [0.2, 0.25) is 0 Å². The minimum absolute atomic E-state index is 0.228. The molecule has 0 aliphatic rings. The van der Waals surface area contributed by atoms with E-state index in [0.717, 1.165) is 5.76 Å². The summed E-state index contributed by atoms with van der Waals surface area (Å²) in [4.78, 5) is 0. The topological polar surface area (TPSA) is 79.5 Å². The van der Waals surface area contributed by atoms with E-state index in [9.17, 15) is 8.42 Å². The number of hydrogen-bond acceptors (Lipinski definition) is 4. The normalized spacial score (nSPS) is 12.9. The van der Waals surface area contributed by atoms with Crippen molar-refractivity contribution in [3.8, 4) is 0 Å². The Bertz CT molecular complexity index is 408. The summed E-state index contributed by atoms with van der Waals surface area (Å²) in [6.07, 6.45) is 1.96. The van der Waals surface area contributed by atoms with Crippen LogP contribution in [0, 0.1) is 0 Å². The lowest BCUT2D eigenvalue weighted by Gasteiger charge is -2.23. The standard InChI is InChI=1S/C10H17NO4S/c1-10(2,9-5-3-7-15-9)11-6-4-8-16(12,13)14/h3,5,7,11H,4,6,8H2,1-2H3,(H,12,13,14). The highest BCUT2D eigenvalue weighted by molar-refractivity contribution is 7.85. The molecule has 1 aromatic heterocycles. The summed E-state index contributed by atoms with van der Waals surface area (Å²) >= 11 is 0. The second-order valence-electron chi connectivity index (χ2n) is 4.17. The molecule has 16 heavy (non-hydrogen) atoms. The molecule has 6 heteroatoms. The van der Waals surface area contributed by atoms with Gasteiger partial charge in [-0.25, -0.2) is 0 Å². The van der Waals surface area contributed by atoms with Crippen molar-refractivity contribution in [2.75, 3.05) is 12.3 Å². The molecule has 0 bridgehead atoms. The molecule has 0 aromatic carbocycles. The van der Waals surface area contributed by atoms with E-state index in [-0.39, 0.29) is 11.3 Å². The van der Waals surface area contributed by atoms with E-state index < -0.39 is 10.1 Å². The molecule has 1 aromatic rings. The monoisotopic (exact) mass is 247 g/mol. The maximum Gasteiger partial charge on any atom is 0.264 e. The molecule has 2 N–H and O–H groups in total. The summed E-state index contributed by atoms with van der Waals surface area (Å²) in [7, 11) is -3.86. The number of nitrogens with one attached hydrogen (secondary N) is 1. The molecule has 5 nitrogen and oxygen atoms in total. The molecule has 0 aliphatic carbocycles. The first kappa shape index (κ1) is 13.2. The van der Waals surface area contributed by atoms with Crippen LogP contribution in [-0.2, 0) is 15.7 Å². The van der Waals surface area contributed by atoms with Gasteiger partial charge in [0.25, 0.3) is 10.1 Å². The van der Waals surface area contributed by atoms with Gasteiger partial charge in [0.05, 0.1) is 17.6 Å². The smallest absolute Gasteiger partial charge is 0.264 e. The van der Waals surface area contributed by atoms with Crippen molar-refractivity contribution in [2.24, 2.45) is 0 Å². The van der Waals surface area contributed by atoms with Crippen LogP contribution in [0.5, 0.6) is 0 Å². The third-order valence-corrected chi connectivity index (χ3v) is 3.09. The first-order valence-corrected chi connectivity index (χ1v) is 6.66. The van der Waals surface area contributed by atoms with Crippen molar-refractivity contribution in [3.63, 3.8) is 0 Å². The average Bonchev–Trinajstić information content (AvgIpc) is 2.64. The molecule has 0 spiro atoms. The summed E-state index contributed by atoms with van der Waals surface area (Å²) in [5.41, 5.74) is -0.345. The second-order valence-corrected chi connectivity index (χ2v) is 5.74. The van der Waals surface area contributed by atoms with Gasteiger partial charge in [-0.05, 0) is 38.9 Å². The Kier molecular flexibility index (Phi) is 4.12. The van der Waals surface area contributed by atoms with Crippen molar-refractivity contribution >= 4 is 10.1 Å². The maximum absolute atomic E-state index is 10.5. The van der Waals surface area contributed by atoms with Gasteiger partial charge in [-0.1, -0.05) is 0 Å². The van der Waals surface area contributed by atoms with Crippen LogP contribution in [0.4, 0.5) is 0 Å². The molecule has 1 heterocycles. The summed E-state index contributed by atoms with van der Waals surface area (Å²) in [5, 5.41) is 3.16. The predicted molar refractivity (Wildman–Crippen MR) is 60.8 cm³/mol. The molecule has 0 saturated heterocycles. The third kappa shape index (κ3) is 4.34. The van der Waals surface area contributed by atoms with Gasteiger partial charge >= 0.3 is 0 Å². The van der Waals surface area contributed by atoms with Crippen LogP contribution in [0.1, 0.15) is 26.0 Å². The van der Waals surface area contributed by atoms with Crippen molar-refractivity contribution in [3.05, 3.63) is 24.2 Å². The molecule has 0 atom stereocenters. The van der Waals surface area contributed by atoms with Crippen LogP contribution < -0.4 is 5.32 Å². The fourth-order valence-corrected chi connectivity index (χ4v) is 1.89. The molecule has 0 unspecified atom stereocenters. The fourth-order valence-electron chi connectivity index (χ4n) is 1.38. The molecule has 1 rings (SSSR count). The first-order chi connectivity index (χ1) is 7.31. The first-order valence-electron chi connectivity index (χ1n) is 5.05. The molecule has 0 amide bonds. The van der Waals surface area contributed by atoms with E-state index in [4.69, 9.17) is 8.97 Å². The molecule has 92 valence electrons. The predicted octanol–water partition coefficient (Wildman–Crippen LogP) is 1.38. The van der Waals surface area contributed by atoms with E-state index >= 15 is 0 Å². The summed E-state index contributed by atoms with van der Waals surface area (Å²) in [5.74, 6) is 0.563. The second kappa shape index (κ2) is 4.99. The van der Waals surface area contributed by atoms with Gasteiger partial charge in [0.1, 0.15) is 5.76 Å². The van der Waals surface area contributed by atoms with E-state index in [1.54, 1.807) is 12.3 Å².